The Kier molecular flexibility index (Phi) is 5.75. The zero-order valence-corrected chi connectivity index (χ0v) is 16.5. The maximum absolute atomic E-state index is 13.2. The Hall–Kier alpha value is -2.40. The Morgan fingerprint density at radius 2 is 1.61 bits per heavy atom. The van der Waals surface area contributed by atoms with Crippen molar-refractivity contribution in [3.8, 4) is 6.07 Å². The van der Waals surface area contributed by atoms with Crippen LogP contribution in [0.2, 0.25) is 0 Å². The number of hydrogen-bond donors (Lipinski definition) is 1. The molecule has 2 aliphatic carbocycles. The number of benzene rings is 1. The van der Waals surface area contributed by atoms with Crippen molar-refractivity contribution < 1.29 is 22.7 Å². The highest BCUT2D eigenvalue weighted by Crippen LogP contribution is 2.41. The normalized spacial score (nSPS) is 20.2. The molecule has 0 atom stereocenters. The first kappa shape index (κ1) is 20.3. The van der Waals surface area contributed by atoms with Crippen LogP contribution in [0.3, 0.4) is 0 Å². The number of sulfone groups is 1. The predicted octanol–water partition coefficient (Wildman–Crippen LogP) is 2.27. The van der Waals surface area contributed by atoms with E-state index >= 15 is 0 Å². The molecular formula is C20H24N2O5S. The number of carbonyl (C=O) groups excluding carboxylic acids is 2. The van der Waals surface area contributed by atoms with Crippen molar-refractivity contribution in [3.05, 3.63) is 30.3 Å². The third-order valence-corrected chi connectivity index (χ3v) is 8.23. The number of nitrogens with zero attached hydrogens (tertiary/aromatic N) is 1. The second kappa shape index (κ2) is 7.92. The van der Waals surface area contributed by atoms with Crippen LogP contribution in [0.4, 0.5) is 0 Å². The van der Waals surface area contributed by atoms with Crippen LogP contribution in [0.25, 0.3) is 0 Å². The molecule has 7 nitrogen and oxygen atoms in total. The second-order valence-electron chi connectivity index (χ2n) is 7.54. The minimum absolute atomic E-state index is 0.0766. The second-order valence-corrected chi connectivity index (χ2v) is 9.80. The summed E-state index contributed by atoms with van der Waals surface area (Å²) in [5.41, 5.74) is -0.912. The van der Waals surface area contributed by atoms with Crippen LogP contribution in [0, 0.1) is 11.3 Å². The quantitative estimate of drug-likeness (QED) is 0.728. The Morgan fingerprint density at radius 1 is 1.04 bits per heavy atom. The minimum atomic E-state index is -3.95. The van der Waals surface area contributed by atoms with E-state index in [2.05, 4.69) is 11.4 Å². The van der Waals surface area contributed by atoms with E-state index in [1.165, 1.54) is 12.1 Å². The van der Waals surface area contributed by atoms with Crippen molar-refractivity contribution in [2.45, 2.75) is 66.5 Å². The molecule has 0 heterocycles. The fraction of sp³-hybridized carbons (Fsp3) is 0.550. The summed E-state index contributed by atoms with van der Waals surface area (Å²) >= 11 is 0. The molecule has 1 N–H and O–H groups in total. The third kappa shape index (κ3) is 3.63. The molecule has 1 aromatic carbocycles. The van der Waals surface area contributed by atoms with Crippen LogP contribution in [-0.2, 0) is 24.2 Å². The molecule has 2 saturated carbocycles. The van der Waals surface area contributed by atoms with Gasteiger partial charge < -0.3 is 10.1 Å². The first-order valence-electron chi connectivity index (χ1n) is 9.54. The molecule has 2 aliphatic rings. The van der Waals surface area contributed by atoms with E-state index in [9.17, 15) is 23.3 Å². The Labute approximate surface area is 165 Å². The fourth-order valence-electron chi connectivity index (χ4n) is 4.16. The maximum atomic E-state index is 13.2. The summed E-state index contributed by atoms with van der Waals surface area (Å²) in [4.78, 5) is 25.1. The third-order valence-electron chi connectivity index (χ3n) is 5.74. The lowest BCUT2D eigenvalue weighted by Crippen LogP contribution is -2.49. The van der Waals surface area contributed by atoms with E-state index < -0.39 is 38.6 Å². The number of nitrogens with one attached hydrogen (secondary N) is 1. The van der Waals surface area contributed by atoms with Crippen LogP contribution >= 0.6 is 0 Å². The average molecular weight is 404 g/mol. The van der Waals surface area contributed by atoms with Gasteiger partial charge in [0.15, 0.2) is 21.2 Å². The summed E-state index contributed by atoms with van der Waals surface area (Å²) in [6, 6.07) is 9.99. The molecule has 150 valence electrons. The molecule has 0 aliphatic heterocycles. The van der Waals surface area contributed by atoms with E-state index in [0.717, 1.165) is 12.8 Å². The summed E-state index contributed by atoms with van der Waals surface area (Å²) < 4.78 is 29.8. The molecule has 0 bridgehead atoms. The summed E-state index contributed by atoms with van der Waals surface area (Å²) in [6.07, 6.45) is 4.39. The highest BCUT2D eigenvalue weighted by Gasteiger charge is 2.54. The summed E-state index contributed by atoms with van der Waals surface area (Å²) in [6.45, 7) is -0.589. The van der Waals surface area contributed by atoms with Gasteiger partial charge in [0.25, 0.3) is 5.91 Å². The van der Waals surface area contributed by atoms with Crippen molar-refractivity contribution in [1.82, 2.24) is 5.32 Å². The SMILES string of the molecule is N#CC1(NC(=O)COC(=O)C2(S(=O)(=O)c3ccccc3)CCCC2)CCCC1. The summed E-state index contributed by atoms with van der Waals surface area (Å²) in [5, 5.41) is 12.0. The van der Waals surface area contributed by atoms with Gasteiger partial charge in [-0.05, 0) is 50.7 Å². The minimum Gasteiger partial charge on any atom is -0.454 e. The lowest BCUT2D eigenvalue weighted by Gasteiger charge is -2.27. The molecule has 0 aromatic heterocycles. The van der Waals surface area contributed by atoms with Crippen LogP contribution < -0.4 is 5.32 Å². The standard InChI is InChI=1S/C20H24N2O5S/c21-15-19(10-4-5-11-19)22-17(23)14-27-18(24)20(12-6-7-13-20)28(25,26)16-8-2-1-3-9-16/h1-3,8-9H,4-7,10-14H2,(H,22,23). The van der Waals surface area contributed by atoms with Gasteiger partial charge in [0.1, 0.15) is 5.54 Å². The van der Waals surface area contributed by atoms with Crippen LogP contribution in [-0.4, -0.2) is 37.2 Å². The number of rotatable bonds is 6. The molecule has 0 radical (unpaired) electrons. The average Bonchev–Trinajstić information content (AvgIpc) is 3.38. The molecule has 2 fully saturated rings. The summed E-state index contributed by atoms with van der Waals surface area (Å²) in [7, 11) is -3.95. The fourth-order valence-corrected chi connectivity index (χ4v) is 6.23. The largest absolute Gasteiger partial charge is 0.454 e. The lowest BCUT2D eigenvalue weighted by atomic mass is 10.00. The molecule has 0 spiro atoms. The Bertz CT molecular complexity index is 877. The van der Waals surface area contributed by atoms with Gasteiger partial charge in [0.05, 0.1) is 11.0 Å². The molecule has 3 rings (SSSR count). The van der Waals surface area contributed by atoms with Crippen LogP contribution in [0.15, 0.2) is 35.2 Å². The number of carbonyl (C=O) groups is 2. The van der Waals surface area contributed by atoms with Crippen molar-refractivity contribution in [3.63, 3.8) is 0 Å². The highest BCUT2D eigenvalue weighted by molar-refractivity contribution is 7.93. The van der Waals surface area contributed by atoms with Gasteiger partial charge in [-0.2, -0.15) is 5.26 Å². The van der Waals surface area contributed by atoms with E-state index in [1.54, 1.807) is 18.2 Å². The molecule has 1 amide bonds. The maximum Gasteiger partial charge on any atom is 0.328 e. The zero-order valence-electron chi connectivity index (χ0n) is 15.6. The van der Waals surface area contributed by atoms with Gasteiger partial charge in [0.2, 0.25) is 0 Å². The first-order valence-corrected chi connectivity index (χ1v) is 11.0. The zero-order chi connectivity index (χ0) is 20.3. The van der Waals surface area contributed by atoms with Gasteiger partial charge in [0, 0.05) is 0 Å². The van der Waals surface area contributed by atoms with E-state index in [1.807, 2.05) is 0 Å². The smallest absolute Gasteiger partial charge is 0.328 e. The van der Waals surface area contributed by atoms with Crippen molar-refractivity contribution in [1.29, 1.82) is 5.26 Å². The lowest BCUT2D eigenvalue weighted by molar-refractivity contribution is -0.151. The van der Waals surface area contributed by atoms with Crippen molar-refractivity contribution >= 4 is 21.7 Å². The van der Waals surface area contributed by atoms with Gasteiger partial charge in [-0.25, -0.2) is 8.42 Å². The predicted molar refractivity (Wildman–Crippen MR) is 101 cm³/mol. The summed E-state index contributed by atoms with van der Waals surface area (Å²) in [5.74, 6) is -1.47. The monoisotopic (exact) mass is 404 g/mol. The number of esters is 1. The highest BCUT2D eigenvalue weighted by atomic mass is 32.2. The van der Waals surface area contributed by atoms with Crippen molar-refractivity contribution in [2.24, 2.45) is 0 Å². The number of amides is 1. The van der Waals surface area contributed by atoms with E-state index in [0.29, 0.717) is 25.7 Å². The topological polar surface area (TPSA) is 113 Å². The number of ether oxygens (including phenoxy) is 1. The van der Waals surface area contributed by atoms with Crippen LogP contribution in [0.5, 0.6) is 0 Å². The Morgan fingerprint density at radius 3 is 2.18 bits per heavy atom. The van der Waals surface area contributed by atoms with Gasteiger partial charge >= 0.3 is 5.97 Å². The van der Waals surface area contributed by atoms with Gasteiger partial charge in [-0.3, -0.25) is 9.59 Å². The molecule has 0 saturated heterocycles. The Balaban J connectivity index is 1.72. The molecular weight excluding hydrogens is 380 g/mol. The van der Waals surface area contributed by atoms with Gasteiger partial charge in [-0.15, -0.1) is 0 Å². The van der Waals surface area contributed by atoms with E-state index in [-0.39, 0.29) is 17.7 Å². The molecule has 0 unspecified atom stereocenters. The molecule has 28 heavy (non-hydrogen) atoms. The van der Waals surface area contributed by atoms with Crippen molar-refractivity contribution in [2.75, 3.05) is 6.61 Å². The molecule has 8 heteroatoms. The van der Waals surface area contributed by atoms with Crippen LogP contribution in [0.1, 0.15) is 51.4 Å². The van der Waals surface area contributed by atoms with E-state index in [4.69, 9.17) is 4.74 Å². The molecule has 1 aromatic rings. The van der Waals surface area contributed by atoms with Gasteiger partial charge in [-0.1, -0.05) is 31.0 Å². The number of hydrogen-bond acceptors (Lipinski definition) is 6. The first-order chi connectivity index (χ1) is 13.4. The number of nitriles is 1.